The number of hydrogen-bond acceptors (Lipinski definition) is 7. The molecule has 2 saturated heterocycles. The van der Waals surface area contributed by atoms with Crippen LogP contribution in [-0.4, -0.2) is 70.3 Å². The fourth-order valence-electron chi connectivity index (χ4n) is 5.84. The van der Waals surface area contributed by atoms with Crippen LogP contribution in [0.1, 0.15) is 80.0 Å². The Balaban J connectivity index is 1.22. The third-order valence-corrected chi connectivity index (χ3v) is 7.66. The Morgan fingerprint density at radius 3 is 2.42 bits per heavy atom. The van der Waals surface area contributed by atoms with Crippen molar-refractivity contribution in [3.05, 3.63) is 29.3 Å². The van der Waals surface area contributed by atoms with Crippen LogP contribution in [0.25, 0.3) is 0 Å². The minimum absolute atomic E-state index is 0.0877. The van der Waals surface area contributed by atoms with Gasteiger partial charge in [-0.2, -0.15) is 0 Å². The standard InChI is InChI=1S/C26H32N4O6/c1-25(2,3)36-24(35)29-11-9-26(10-12-29)13-15(14-26)27-17-6-4-5-16-20(17)23(34)30(22(16)33)18-7-8-19(31)28-21(18)32/h4-6,15,18,27H,7-14H2,1-3H3,(H,28,31,32). The highest BCUT2D eigenvalue weighted by Gasteiger charge is 2.49. The summed E-state index contributed by atoms with van der Waals surface area (Å²) < 4.78 is 5.49. The van der Waals surface area contributed by atoms with Crippen molar-refractivity contribution in [3.8, 4) is 0 Å². The molecular weight excluding hydrogens is 464 g/mol. The number of nitrogens with one attached hydrogen (secondary N) is 2. The molecule has 10 heteroatoms. The number of rotatable bonds is 3. The van der Waals surface area contributed by atoms with Crippen molar-refractivity contribution in [1.82, 2.24) is 15.1 Å². The van der Waals surface area contributed by atoms with E-state index in [-0.39, 0.29) is 41.5 Å². The number of likely N-dealkylation sites (tertiary alicyclic amines) is 1. The van der Waals surface area contributed by atoms with E-state index in [4.69, 9.17) is 4.74 Å². The van der Waals surface area contributed by atoms with E-state index in [1.165, 1.54) is 0 Å². The van der Waals surface area contributed by atoms with Gasteiger partial charge < -0.3 is 15.0 Å². The van der Waals surface area contributed by atoms with Gasteiger partial charge in [-0.05, 0) is 70.4 Å². The number of fused-ring (bicyclic) bond motifs is 1. The molecule has 4 aliphatic rings. The van der Waals surface area contributed by atoms with Gasteiger partial charge in [0, 0.05) is 31.2 Å². The van der Waals surface area contributed by atoms with E-state index in [0.717, 1.165) is 30.6 Å². The zero-order valence-corrected chi connectivity index (χ0v) is 20.9. The van der Waals surface area contributed by atoms with E-state index in [0.29, 0.717) is 18.8 Å². The summed E-state index contributed by atoms with van der Waals surface area (Å²) in [6.07, 6.45) is 3.58. The first-order valence-electron chi connectivity index (χ1n) is 12.6. The Labute approximate surface area is 209 Å². The van der Waals surface area contributed by atoms with Gasteiger partial charge in [0.25, 0.3) is 11.8 Å². The number of benzene rings is 1. The normalized spacial score (nSPS) is 23.9. The molecule has 36 heavy (non-hydrogen) atoms. The number of anilines is 1. The summed E-state index contributed by atoms with van der Waals surface area (Å²) in [6, 6.07) is 4.28. The number of hydrogen-bond donors (Lipinski definition) is 2. The second-order valence-corrected chi connectivity index (χ2v) is 11.4. The first kappa shape index (κ1) is 24.3. The van der Waals surface area contributed by atoms with E-state index in [1.54, 1.807) is 23.1 Å². The van der Waals surface area contributed by atoms with Crippen LogP contribution < -0.4 is 10.6 Å². The van der Waals surface area contributed by atoms with E-state index < -0.39 is 35.3 Å². The molecule has 10 nitrogen and oxygen atoms in total. The Hall–Kier alpha value is -3.43. The van der Waals surface area contributed by atoms with Gasteiger partial charge in [-0.1, -0.05) is 6.07 Å². The lowest BCUT2D eigenvalue weighted by Crippen LogP contribution is -2.54. The maximum Gasteiger partial charge on any atom is 0.410 e. The SMILES string of the molecule is CC(C)(C)OC(=O)N1CCC2(CC1)CC(Nc1cccc3c1C(=O)N(C1CCC(=O)NC1=O)C3=O)C2. The first-order valence-corrected chi connectivity index (χ1v) is 12.6. The molecule has 1 aromatic rings. The van der Waals surface area contributed by atoms with Crippen molar-refractivity contribution < 1.29 is 28.7 Å². The van der Waals surface area contributed by atoms with Crippen molar-refractivity contribution in [2.24, 2.45) is 5.41 Å². The van der Waals surface area contributed by atoms with Gasteiger partial charge in [0.2, 0.25) is 11.8 Å². The highest BCUT2D eigenvalue weighted by atomic mass is 16.6. The highest BCUT2D eigenvalue weighted by molar-refractivity contribution is 6.25. The number of piperidine rings is 2. The summed E-state index contributed by atoms with van der Waals surface area (Å²) in [5.41, 5.74) is 0.793. The molecule has 1 aromatic carbocycles. The van der Waals surface area contributed by atoms with Gasteiger partial charge in [-0.25, -0.2) is 4.79 Å². The zero-order chi connectivity index (χ0) is 25.8. The molecule has 5 rings (SSSR count). The average molecular weight is 497 g/mol. The van der Waals surface area contributed by atoms with E-state index in [9.17, 15) is 24.0 Å². The fourth-order valence-corrected chi connectivity index (χ4v) is 5.84. The number of carbonyl (C=O) groups excluding carboxylic acids is 5. The van der Waals surface area contributed by atoms with Gasteiger partial charge in [0.05, 0.1) is 11.1 Å². The molecule has 1 spiro atoms. The molecule has 0 bridgehead atoms. The molecule has 1 aliphatic carbocycles. The number of nitrogens with zero attached hydrogens (tertiary/aromatic N) is 2. The molecular formula is C26H32N4O6. The Kier molecular flexibility index (Phi) is 5.80. The highest BCUT2D eigenvalue weighted by Crippen LogP contribution is 2.50. The molecule has 192 valence electrons. The predicted octanol–water partition coefficient (Wildman–Crippen LogP) is 2.68. The Morgan fingerprint density at radius 1 is 1.08 bits per heavy atom. The van der Waals surface area contributed by atoms with Crippen LogP contribution in [0.3, 0.4) is 0 Å². The third-order valence-electron chi connectivity index (χ3n) is 7.66. The van der Waals surface area contributed by atoms with Gasteiger partial charge in [0.1, 0.15) is 11.6 Å². The van der Waals surface area contributed by atoms with Crippen molar-refractivity contribution in [2.45, 2.75) is 77.0 Å². The van der Waals surface area contributed by atoms with Crippen LogP contribution in [-0.2, 0) is 14.3 Å². The Bertz CT molecular complexity index is 1140. The molecule has 5 amide bonds. The summed E-state index contributed by atoms with van der Waals surface area (Å²) in [7, 11) is 0. The molecule has 3 heterocycles. The van der Waals surface area contributed by atoms with Crippen LogP contribution in [0.2, 0.25) is 0 Å². The molecule has 1 unspecified atom stereocenters. The van der Waals surface area contributed by atoms with Gasteiger partial charge in [-0.15, -0.1) is 0 Å². The van der Waals surface area contributed by atoms with Crippen molar-refractivity contribution >= 4 is 35.4 Å². The van der Waals surface area contributed by atoms with Crippen LogP contribution >= 0.6 is 0 Å². The average Bonchev–Trinajstić information content (AvgIpc) is 3.03. The predicted molar refractivity (Wildman–Crippen MR) is 129 cm³/mol. The lowest BCUT2D eigenvalue weighted by atomic mass is 9.60. The minimum atomic E-state index is -0.981. The van der Waals surface area contributed by atoms with Crippen LogP contribution in [0.15, 0.2) is 18.2 Å². The zero-order valence-electron chi connectivity index (χ0n) is 20.9. The van der Waals surface area contributed by atoms with Crippen molar-refractivity contribution in [2.75, 3.05) is 18.4 Å². The minimum Gasteiger partial charge on any atom is -0.444 e. The monoisotopic (exact) mass is 496 g/mol. The topological polar surface area (TPSA) is 125 Å². The summed E-state index contributed by atoms with van der Waals surface area (Å²) in [4.78, 5) is 65.3. The van der Waals surface area contributed by atoms with Crippen molar-refractivity contribution in [1.29, 1.82) is 0 Å². The molecule has 0 radical (unpaired) electrons. The van der Waals surface area contributed by atoms with Gasteiger partial charge in [0.15, 0.2) is 0 Å². The lowest BCUT2D eigenvalue weighted by Gasteiger charge is -2.52. The van der Waals surface area contributed by atoms with Crippen LogP contribution in [0.4, 0.5) is 10.5 Å². The molecule has 1 atom stereocenters. The maximum absolute atomic E-state index is 13.3. The first-order chi connectivity index (χ1) is 17.0. The van der Waals surface area contributed by atoms with E-state index >= 15 is 0 Å². The maximum atomic E-state index is 13.3. The molecule has 2 N–H and O–H groups in total. The van der Waals surface area contributed by atoms with Gasteiger partial charge in [-0.3, -0.25) is 29.4 Å². The second kappa shape index (κ2) is 8.60. The number of carbonyl (C=O) groups is 5. The fraction of sp³-hybridized carbons (Fsp3) is 0.577. The second-order valence-electron chi connectivity index (χ2n) is 11.4. The number of ether oxygens (including phenoxy) is 1. The molecule has 3 aliphatic heterocycles. The van der Waals surface area contributed by atoms with Crippen LogP contribution in [0, 0.1) is 5.41 Å². The largest absolute Gasteiger partial charge is 0.444 e. The van der Waals surface area contributed by atoms with E-state index in [1.807, 2.05) is 20.8 Å². The number of amides is 5. The summed E-state index contributed by atoms with van der Waals surface area (Å²) in [6.45, 7) is 6.91. The lowest BCUT2D eigenvalue weighted by molar-refractivity contribution is -0.136. The molecule has 0 aromatic heterocycles. The summed E-state index contributed by atoms with van der Waals surface area (Å²) in [5, 5.41) is 5.67. The van der Waals surface area contributed by atoms with E-state index in [2.05, 4.69) is 10.6 Å². The van der Waals surface area contributed by atoms with Gasteiger partial charge >= 0.3 is 6.09 Å². The Morgan fingerprint density at radius 2 is 1.78 bits per heavy atom. The molecule has 1 saturated carbocycles. The van der Waals surface area contributed by atoms with Crippen molar-refractivity contribution in [3.63, 3.8) is 0 Å². The smallest absolute Gasteiger partial charge is 0.410 e. The quantitative estimate of drug-likeness (QED) is 0.617. The molecule has 3 fully saturated rings. The summed E-state index contributed by atoms with van der Waals surface area (Å²) >= 11 is 0. The summed E-state index contributed by atoms with van der Waals surface area (Å²) in [5.74, 6) is -2.03. The van der Waals surface area contributed by atoms with Crippen LogP contribution in [0.5, 0.6) is 0 Å². The number of imide groups is 2. The third kappa shape index (κ3) is 4.33.